The molecule has 2 aliphatic carbocycles. The van der Waals surface area contributed by atoms with E-state index in [9.17, 15) is 0 Å². The van der Waals surface area contributed by atoms with Gasteiger partial charge >= 0.3 is 0 Å². The normalized spacial score (nSPS) is 34.2. The maximum absolute atomic E-state index is 3.10. The van der Waals surface area contributed by atoms with Crippen LogP contribution in [-0.2, 0) is 0 Å². The Bertz CT molecular complexity index is 282. The third-order valence-corrected chi connectivity index (χ3v) is 14.7. The van der Waals surface area contributed by atoms with Crippen LogP contribution in [0.5, 0.6) is 0 Å². The van der Waals surface area contributed by atoms with Gasteiger partial charge in [-0.2, -0.15) is 0 Å². The Morgan fingerprint density at radius 1 is 1.50 bits per heavy atom. The molecule has 6 unspecified atom stereocenters. The van der Waals surface area contributed by atoms with Crippen LogP contribution in [0.2, 0.25) is 0 Å². The van der Waals surface area contributed by atoms with Gasteiger partial charge in [0.25, 0.3) is 0 Å². The van der Waals surface area contributed by atoms with Crippen LogP contribution in [0.4, 0.5) is 0 Å². The van der Waals surface area contributed by atoms with Crippen molar-refractivity contribution < 1.29 is 0 Å². The van der Waals surface area contributed by atoms with Gasteiger partial charge in [-0.25, -0.2) is 0 Å². The van der Waals surface area contributed by atoms with Crippen LogP contribution in [0.25, 0.3) is 0 Å². The van der Waals surface area contributed by atoms with Gasteiger partial charge in [0.05, 0.1) is 0 Å². The summed E-state index contributed by atoms with van der Waals surface area (Å²) in [5.41, 5.74) is 4.35. The molecule has 0 saturated carbocycles. The lowest BCUT2D eigenvalue weighted by molar-refractivity contribution is 0.512. The maximum Gasteiger partial charge on any atom is -0.00668 e. The fourth-order valence-corrected chi connectivity index (χ4v) is 8.21. The summed E-state index contributed by atoms with van der Waals surface area (Å²) in [6, 6.07) is 0. The average Bonchev–Trinajstić information content (AvgIpc) is 2.62. The zero-order chi connectivity index (χ0) is 10.1. The molecule has 0 aromatic carbocycles. The first-order chi connectivity index (χ1) is 6.72. The summed E-state index contributed by atoms with van der Waals surface area (Å²) in [4.78, 5) is 0. The summed E-state index contributed by atoms with van der Waals surface area (Å²) in [5.74, 6) is 0.908. The minimum Gasteiger partial charge on any atom is -0.110 e. The topological polar surface area (TPSA) is 0 Å². The van der Waals surface area contributed by atoms with Gasteiger partial charge in [0.15, 0.2) is 0 Å². The van der Waals surface area contributed by atoms with Gasteiger partial charge in [-0.1, -0.05) is 39.9 Å². The Morgan fingerprint density at radius 2 is 2.29 bits per heavy atom. The second-order valence-corrected chi connectivity index (χ2v) is 13.8. The standard InChI is InChI=1S/C10H18P4/c1-7-5-8-3-2-4-9(8)6-10(7)14(12)13-11/h2,4,7,10,13H,3,5-6,11-12H2,1H3. The Hall–Kier alpha value is 1.20. The molecule has 0 bridgehead atoms. The minimum atomic E-state index is 0.180. The van der Waals surface area contributed by atoms with E-state index in [2.05, 4.69) is 36.9 Å². The third-order valence-electron chi connectivity index (χ3n) is 3.30. The molecule has 0 N–H and O–H groups in total. The van der Waals surface area contributed by atoms with Crippen molar-refractivity contribution in [1.29, 1.82) is 0 Å². The molecule has 0 amide bonds. The predicted molar refractivity (Wildman–Crippen MR) is 77.6 cm³/mol. The molecule has 2 aliphatic rings. The summed E-state index contributed by atoms with van der Waals surface area (Å²) in [5, 5.41) is 0. The first-order valence-corrected chi connectivity index (χ1v) is 11.8. The molecule has 0 aliphatic heterocycles. The Morgan fingerprint density at radius 3 is 3.00 bits per heavy atom. The van der Waals surface area contributed by atoms with E-state index in [-0.39, 0.29) is 7.30 Å². The van der Waals surface area contributed by atoms with E-state index in [4.69, 9.17) is 0 Å². The molecule has 14 heavy (non-hydrogen) atoms. The van der Waals surface area contributed by atoms with E-state index in [0.717, 1.165) is 19.5 Å². The molecule has 6 atom stereocenters. The summed E-state index contributed by atoms with van der Waals surface area (Å²) in [6.45, 7) is 2.44. The van der Waals surface area contributed by atoms with E-state index in [1.54, 1.807) is 11.1 Å². The molecule has 0 saturated heterocycles. The van der Waals surface area contributed by atoms with Gasteiger partial charge in [-0.15, -0.1) is 17.9 Å². The quantitative estimate of drug-likeness (QED) is 0.633. The molecule has 0 radical (unpaired) electrons. The van der Waals surface area contributed by atoms with Crippen molar-refractivity contribution in [3.05, 3.63) is 23.3 Å². The molecule has 0 fully saturated rings. The molecular formula is C10H18P4. The van der Waals surface area contributed by atoms with Crippen molar-refractivity contribution in [3.8, 4) is 0 Å². The first-order valence-electron chi connectivity index (χ1n) is 5.10. The summed E-state index contributed by atoms with van der Waals surface area (Å²) in [6.07, 6.45) is 8.66. The van der Waals surface area contributed by atoms with Crippen LogP contribution in [0, 0.1) is 5.92 Å². The SMILES string of the molecule is CC1CC2=C(C=CC2)CC1P(P)PP. The summed E-state index contributed by atoms with van der Waals surface area (Å²) < 4.78 is 0. The molecule has 0 spiro atoms. The van der Waals surface area contributed by atoms with E-state index >= 15 is 0 Å². The second-order valence-electron chi connectivity index (χ2n) is 4.22. The van der Waals surface area contributed by atoms with Gasteiger partial charge in [0.1, 0.15) is 0 Å². The smallest absolute Gasteiger partial charge is 0.00668 e. The molecule has 0 nitrogen and oxygen atoms in total. The molecule has 0 heterocycles. The highest BCUT2D eigenvalue weighted by Crippen LogP contribution is 2.72. The van der Waals surface area contributed by atoms with Crippen LogP contribution in [0.15, 0.2) is 23.3 Å². The van der Waals surface area contributed by atoms with E-state index in [0.29, 0.717) is 0 Å². The van der Waals surface area contributed by atoms with Crippen LogP contribution in [0.1, 0.15) is 26.2 Å². The van der Waals surface area contributed by atoms with E-state index in [1.807, 2.05) is 0 Å². The van der Waals surface area contributed by atoms with Gasteiger partial charge in [0, 0.05) is 0 Å². The van der Waals surface area contributed by atoms with E-state index in [1.165, 1.54) is 19.3 Å². The highest BCUT2D eigenvalue weighted by molar-refractivity contribution is 8.61. The zero-order valence-corrected chi connectivity index (χ0v) is 12.7. The second kappa shape index (κ2) is 5.02. The number of rotatable bonds is 2. The van der Waals surface area contributed by atoms with Gasteiger partial charge in [-0.3, -0.25) is 0 Å². The van der Waals surface area contributed by atoms with Crippen molar-refractivity contribution in [3.63, 3.8) is 0 Å². The van der Waals surface area contributed by atoms with Crippen LogP contribution < -0.4 is 0 Å². The molecular weight excluding hydrogens is 244 g/mol. The molecule has 2 rings (SSSR count). The lowest BCUT2D eigenvalue weighted by Gasteiger charge is -2.34. The van der Waals surface area contributed by atoms with Gasteiger partial charge < -0.3 is 0 Å². The lowest BCUT2D eigenvalue weighted by atomic mass is 9.86. The van der Waals surface area contributed by atoms with Crippen LogP contribution in [-0.4, -0.2) is 5.66 Å². The first kappa shape index (κ1) is 11.7. The van der Waals surface area contributed by atoms with Crippen LogP contribution in [0.3, 0.4) is 0 Å². The molecule has 78 valence electrons. The third kappa shape index (κ3) is 2.30. The number of hydrogen-bond donors (Lipinski definition) is 0. The van der Waals surface area contributed by atoms with Crippen molar-refractivity contribution in [2.75, 3.05) is 0 Å². The zero-order valence-electron chi connectivity index (χ0n) is 8.53. The minimum absolute atomic E-state index is 0.180. The largest absolute Gasteiger partial charge is 0.110 e. The van der Waals surface area contributed by atoms with E-state index < -0.39 is 0 Å². The Labute approximate surface area is 94.4 Å². The molecule has 0 aromatic rings. The predicted octanol–water partition coefficient (Wildman–Crippen LogP) is 4.70. The van der Waals surface area contributed by atoms with Gasteiger partial charge in [0.2, 0.25) is 0 Å². The van der Waals surface area contributed by atoms with Crippen molar-refractivity contribution >= 4 is 33.1 Å². The molecule has 0 aromatic heterocycles. The molecule has 4 heteroatoms. The monoisotopic (exact) mass is 262 g/mol. The number of hydrogen-bond acceptors (Lipinski definition) is 0. The lowest BCUT2D eigenvalue weighted by Crippen LogP contribution is -2.19. The number of allylic oxidation sites excluding steroid dienone is 4. The Kier molecular flexibility index (Phi) is 4.19. The van der Waals surface area contributed by atoms with Gasteiger partial charge in [-0.05, 0) is 36.4 Å². The maximum atomic E-state index is 3.10. The fraction of sp³-hybridized carbons (Fsp3) is 0.600. The fourth-order valence-electron chi connectivity index (χ4n) is 2.44. The van der Waals surface area contributed by atoms with Crippen molar-refractivity contribution in [2.24, 2.45) is 5.92 Å². The average molecular weight is 262 g/mol. The highest BCUT2D eigenvalue weighted by Gasteiger charge is 2.30. The Balaban J connectivity index is 2.11. The van der Waals surface area contributed by atoms with Crippen LogP contribution >= 0.6 is 33.1 Å². The van der Waals surface area contributed by atoms with Crippen molar-refractivity contribution in [1.82, 2.24) is 0 Å². The summed E-state index contributed by atoms with van der Waals surface area (Å²) in [7, 11) is 7.27. The summed E-state index contributed by atoms with van der Waals surface area (Å²) >= 11 is 0. The van der Waals surface area contributed by atoms with Crippen molar-refractivity contribution in [2.45, 2.75) is 31.8 Å². The highest BCUT2D eigenvalue weighted by atomic mass is 32.6.